The van der Waals surface area contributed by atoms with Crippen LogP contribution in [0.15, 0.2) is 42.6 Å². The minimum atomic E-state index is -0.362. The van der Waals surface area contributed by atoms with Gasteiger partial charge < -0.3 is 20.4 Å². The first-order chi connectivity index (χ1) is 9.66. The van der Waals surface area contributed by atoms with Crippen LogP contribution in [0.4, 0.5) is 5.69 Å². The molecule has 1 heterocycles. The number of carbonyl (C=O) groups excluding carboxylic acids is 1. The van der Waals surface area contributed by atoms with Crippen molar-refractivity contribution in [3.63, 3.8) is 0 Å². The first-order valence-corrected chi connectivity index (χ1v) is 6.51. The van der Waals surface area contributed by atoms with Crippen molar-refractivity contribution in [2.75, 3.05) is 11.9 Å². The molecule has 0 radical (unpaired) electrons. The Kier molecular flexibility index (Phi) is 4.65. The van der Waals surface area contributed by atoms with Gasteiger partial charge in [-0.3, -0.25) is 4.79 Å². The Hall–Kier alpha value is -2.43. The van der Waals surface area contributed by atoms with Crippen LogP contribution in [0.2, 0.25) is 0 Å². The standard InChI is InChI=1S/C15H19N3O2/c1-18-9-4-5-12(18)11-17-13-6-2-3-7-14(13)20-10-8-15(16)19/h2-7,9,17H,8,10-11H2,1H3,(H2,16,19). The number of para-hydroxylation sites is 2. The fraction of sp³-hybridized carbons (Fsp3) is 0.267. The molecule has 0 spiro atoms. The summed E-state index contributed by atoms with van der Waals surface area (Å²) >= 11 is 0. The zero-order valence-corrected chi connectivity index (χ0v) is 11.5. The van der Waals surface area contributed by atoms with Crippen LogP contribution in [-0.4, -0.2) is 17.1 Å². The minimum absolute atomic E-state index is 0.214. The van der Waals surface area contributed by atoms with Crippen LogP contribution in [0.25, 0.3) is 0 Å². The third-order valence-corrected chi connectivity index (χ3v) is 3.00. The molecule has 2 aromatic rings. The van der Waals surface area contributed by atoms with Crippen LogP contribution in [0.5, 0.6) is 5.75 Å². The summed E-state index contributed by atoms with van der Waals surface area (Å²) in [6.45, 7) is 0.998. The molecule has 0 saturated heterocycles. The number of nitrogens with one attached hydrogen (secondary N) is 1. The second kappa shape index (κ2) is 6.65. The highest BCUT2D eigenvalue weighted by atomic mass is 16.5. The van der Waals surface area contributed by atoms with E-state index in [1.165, 1.54) is 5.69 Å². The Bertz CT molecular complexity index is 578. The maximum atomic E-state index is 10.7. The number of nitrogens with zero attached hydrogens (tertiary/aromatic N) is 1. The highest BCUT2D eigenvalue weighted by Gasteiger charge is 2.04. The summed E-state index contributed by atoms with van der Waals surface area (Å²) in [6.07, 6.45) is 2.22. The summed E-state index contributed by atoms with van der Waals surface area (Å²) in [4.78, 5) is 10.7. The summed E-state index contributed by atoms with van der Waals surface area (Å²) in [5.41, 5.74) is 7.18. The fourth-order valence-electron chi connectivity index (χ4n) is 1.87. The van der Waals surface area contributed by atoms with E-state index in [-0.39, 0.29) is 18.9 Å². The Morgan fingerprint density at radius 3 is 2.80 bits per heavy atom. The van der Waals surface area contributed by atoms with Crippen LogP contribution >= 0.6 is 0 Å². The predicted molar refractivity (Wildman–Crippen MR) is 78.5 cm³/mol. The normalized spacial score (nSPS) is 10.2. The van der Waals surface area contributed by atoms with Gasteiger partial charge in [0.05, 0.1) is 25.3 Å². The largest absolute Gasteiger partial charge is 0.491 e. The summed E-state index contributed by atoms with van der Waals surface area (Å²) < 4.78 is 7.64. The summed E-state index contributed by atoms with van der Waals surface area (Å²) in [6, 6.07) is 11.7. The van der Waals surface area contributed by atoms with Crippen molar-refractivity contribution in [2.24, 2.45) is 12.8 Å². The molecule has 5 nitrogen and oxygen atoms in total. The van der Waals surface area contributed by atoms with Crippen molar-refractivity contribution in [3.05, 3.63) is 48.3 Å². The van der Waals surface area contributed by atoms with E-state index in [9.17, 15) is 4.79 Å². The molecule has 0 atom stereocenters. The Morgan fingerprint density at radius 1 is 1.30 bits per heavy atom. The fourth-order valence-corrected chi connectivity index (χ4v) is 1.87. The van der Waals surface area contributed by atoms with Gasteiger partial charge in [-0.25, -0.2) is 0 Å². The molecule has 3 N–H and O–H groups in total. The van der Waals surface area contributed by atoms with Crippen molar-refractivity contribution >= 4 is 11.6 Å². The Labute approximate surface area is 118 Å². The lowest BCUT2D eigenvalue weighted by molar-refractivity contribution is -0.118. The van der Waals surface area contributed by atoms with Crippen molar-refractivity contribution < 1.29 is 9.53 Å². The molecular formula is C15H19N3O2. The number of hydrogen-bond acceptors (Lipinski definition) is 3. The number of primary amides is 1. The SMILES string of the molecule is Cn1cccc1CNc1ccccc1OCCC(N)=O. The topological polar surface area (TPSA) is 69.3 Å². The number of rotatable bonds is 7. The van der Waals surface area contributed by atoms with Crippen molar-refractivity contribution in [1.29, 1.82) is 0 Å². The molecule has 0 aliphatic heterocycles. The number of amides is 1. The molecule has 1 amide bonds. The first kappa shape index (κ1) is 14.0. The summed E-state index contributed by atoms with van der Waals surface area (Å²) in [5.74, 6) is 0.363. The average Bonchev–Trinajstić information content (AvgIpc) is 2.83. The monoisotopic (exact) mass is 273 g/mol. The second-order valence-electron chi connectivity index (χ2n) is 4.52. The van der Waals surface area contributed by atoms with E-state index in [1.54, 1.807) is 0 Å². The zero-order chi connectivity index (χ0) is 14.4. The van der Waals surface area contributed by atoms with Crippen molar-refractivity contribution in [3.8, 4) is 5.75 Å². The van der Waals surface area contributed by atoms with Gasteiger partial charge >= 0.3 is 0 Å². The van der Waals surface area contributed by atoms with E-state index < -0.39 is 0 Å². The summed E-state index contributed by atoms with van der Waals surface area (Å²) in [5, 5.41) is 3.33. The number of benzene rings is 1. The molecule has 106 valence electrons. The van der Waals surface area contributed by atoms with Gasteiger partial charge in [-0.2, -0.15) is 0 Å². The molecule has 20 heavy (non-hydrogen) atoms. The lowest BCUT2D eigenvalue weighted by Gasteiger charge is -2.13. The summed E-state index contributed by atoms with van der Waals surface area (Å²) in [7, 11) is 2.01. The lowest BCUT2D eigenvalue weighted by atomic mass is 10.3. The quantitative estimate of drug-likeness (QED) is 0.809. The second-order valence-corrected chi connectivity index (χ2v) is 4.52. The van der Waals surface area contributed by atoms with Gasteiger partial charge in [-0.15, -0.1) is 0 Å². The molecule has 5 heteroatoms. The molecule has 0 aliphatic carbocycles. The third kappa shape index (κ3) is 3.78. The van der Waals surface area contributed by atoms with E-state index in [4.69, 9.17) is 10.5 Å². The van der Waals surface area contributed by atoms with Gasteiger partial charge in [0.2, 0.25) is 5.91 Å². The molecular weight excluding hydrogens is 254 g/mol. The smallest absolute Gasteiger partial charge is 0.220 e. The van der Waals surface area contributed by atoms with E-state index in [0.717, 1.165) is 11.4 Å². The zero-order valence-electron chi connectivity index (χ0n) is 11.5. The highest BCUT2D eigenvalue weighted by molar-refractivity contribution is 5.73. The van der Waals surface area contributed by atoms with Crippen LogP contribution in [0.1, 0.15) is 12.1 Å². The first-order valence-electron chi connectivity index (χ1n) is 6.51. The van der Waals surface area contributed by atoms with E-state index >= 15 is 0 Å². The maximum Gasteiger partial charge on any atom is 0.220 e. The highest BCUT2D eigenvalue weighted by Crippen LogP contribution is 2.24. The van der Waals surface area contributed by atoms with Crippen LogP contribution in [0.3, 0.4) is 0 Å². The molecule has 0 saturated carbocycles. The lowest BCUT2D eigenvalue weighted by Crippen LogP contribution is -2.15. The number of anilines is 1. The third-order valence-electron chi connectivity index (χ3n) is 3.00. The molecule has 0 fully saturated rings. The van der Waals surface area contributed by atoms with E-state index in [1.807, 2.05) is 43.6 Å². The van der Waals surface area contributed by atoms with Crippen LogP contribution < -0.4 is 15.8 Å². The van der Waals surface area contributed by atoms with Crippen molar-refractivity contribution in [1.82, 2.24) is 4.57 Å². The molecule has 1 aromatic carbocycles. The van der Waals surface area contributed by atoms with Gasteiger partial charge in [0.25, 0.3) is 0 Å². The number of nitrogens with two attached hydrogens (primary N) is 1. The number of hydrogen-bond donors (Lipinski definition) is 2. The molecule has 2 rings (SSSR count). The van der Waals surface area contributed by atoms with Gasteiger partial charge in [0.15, 0.2) is 0 Å². The van der Waals surface area contributed by atoms with Gasteiger partial charge in [-0.1, -0.05) is 12.1 Å². The minimum Gasteiger partial charge on any atom is -0.491 e. The molecule has 0 bridgehead atoms. The maximum absolute atomic E-state index is 10.7. The average molecular weight is 273 g/mol. The van der Waals surface area contributed by atoms with Gasteiger partial charge in [0, 0.05) is 18.9 Å². The Balaban J connectivity index is 1.97. The number of aryl methyl sites for hydroxylation is 1. The predicted octanol–water partition coefficient (Wildman–Crippen LogP) is 1.89. The van der Waals surface area contributed by atoms with E-state index in [0.29, 0.717) is 6.54 Å². The van der Waals surface area contributed by atoms with Crippen molar-refractivity contribution in [2.45, 2.75) is 13.0 Å². The van der Waals surface area contributed by atoms with E-state index in [2.05, 4.69) is 16.0 Å². The van der Waals surface area contributed by atoms with Crippen LogP contribution in [0, 0.1) is 0 Å². The van der Waals surface area contributed by atoms with Gasteiger partial charge in [0.1, 0.15) is 5.75 Å². The van der Waals surface area contributed by atoms with Gasteiger partial charge in [-0.05, 0) is 24.3 Å². The number of aromatic nitrogens is 1. The molecule has 1 aromatic heterocycles. The molecule has 0 unspecified atom stereocenters. The van der Waals surface area contributed by atoms with Crippen LogP contribution in [-0.2, 0) is 18.4 Å². The Morgan fingerprint density at radius 2 is 2.10 bits per heavy atom. The number of carbonyl (C=O) groups is 1. The number of ether oxygens (including phenoxy) is 1. The molecule has 0 aliphatic rings.